The number of anilines is 1. The molecule has 1 aliphatic heterocycles. The monoisotopic (exact) mass is 679 g/mol. The minimum Gasteiger partial charge on any atom is -0.394 e. The van der Waals surface area contributed by atoms with Gasteiger partial charge < -0.3 is 64.9 Å². The third-order valence-corrected chi connectivity index (χ3v) is 10.2. The molecule has 2 aromatic rings. The molecule has 0 aromatic carbocycles. The number of hydrogen-bond donors (Lipinski definition) is 9. The smallest absolute Gasteiger partial charge is 0.394 e. The van der Waals surface area contributed by atoms with Gasteiger partial charge in [0, 0.05) is 20.1 Å². The van der Waals surface area contributed by atoms with Crippen LogP contribution in [0.1, 0.15) is 13.2 Å². The van der Waals surface area contributed by atoms with Gasteiger partial charge in [0.05, 0.1) is 31.7 Å². The van der Waals surface area contributed by atoms with Gasteiger partial charge >= 0.3 is 14.5 Å². The van der Waals surface area contributed by atoms with Gasteiger partial charge in [-0.3, -0.25) is 9.09 Å². The van der Waals surface area contributed by atoms with Gasteiger partial charge in [-0.15, -0.1) is 0 Å². The van der Waals surface area contributed by atoms with Crippen molar-refractivity contribution >= 4 is 43.3 Å². The average Bonchev–Trinajstić information content (AvgIpc) is 3.54. The molecule has 3 rings (SSSR count). The number of aromatic nitrogens is 4. The molecule has 1 fully saturated rings. The quantitative estimate of drug-likeness (QED) is 0.0634. The van der Waals surface area contributed by atoms with E-state index in [2.05, 4.69) is 23.8 Å². The lowest BCUT2D eigenvalue weighted by Gasteiger charge is -2.31. The summed E-state index contributed by atoms with van der Waals surface area (Å²) in [7, 11) is -2.74. The van der Waals surface area contributed by atoms with Gasteiger partial charge in [-0.05, 0) is 11.8 Å². The van der Waals surface area contributed by atoms with Crippen LogP contribution in [0.2, 0.25) is 0 Å². The molecular formula is C20H35N5O15P2S. The molecule has 0 bridgehead atoms. The highest BCUT2D eigenvalue weighted by Gasteiger charge is 2.48. The van der Waals surface area contributed by atoms with Crippen molar-refractivity contribution in [3.05, 3.63) is 12.7 Å². The van der Waals surface area contributed by atoms with Crippen molar-refractivity contribution in [3.63, 3.8) is 0 Å². The molecule has 1 saturated heterocycles. The largest absolute Gasteiger partial charge is 0.481 e. The lowest BCUT2D eigenvalue weighted by molar-refractivity contribution is -0.181. The second-order valence-corrected chi connectivity index (χ2v) is 13.8. The van der Waals surface area contributed by atoms with Gasteiger partial charge in [0.1, 0.15) is 42.4 Å². The summed E-state index contributed by atoms with van der Waals surface area (Å²) < 4.78 is 45.1. The molecule has 0 amide bonds. The number of phosphoric acid groups is 1. The van der Waals surface area contributed by atoms with E-state index in [0.29, 0.717) is 11.2 Å². The summed E-state index contributed by atoms with van der Waals surface area (Å²) in [5.41, 5.74) is 6.47. The van der Waals surface area contributed by atoms with E-state index in [1.807, 2.05) is 0 Å². The molecule has 11 unspecified atom stereocenters. The summed E-state index contributed by atoms with van der Waals surface area (Å²) in [6, 6.07) is 0. The summed E-state index contributed by atoms with van der Waals surface area (Å²) in [5, 5.41) is 58.8. The summed E-state index contributed by atoms with van der Waals surface area (Å²) in [4.78, 5) is 32.7. The number of ether oxygens (including phenoxy) is 3. The fourth-order valence-corrected chi connectivity index (χ4v) is 7.33. The van der Waals surface area contributed by atoms with Crippen LogP contribution in [-0.2, 0) is 43.9 Å². The number of nitrogens with two attached hydrogens (primary N) is 1. The molecule has 43 heavy (non-hydrogen) atoms. The Kier molecular flexibility index (Phi) is 12.5. The van der Waals surface area contributed by atoms with Crippen LogP contribution in [0.3, 0.4) is 0 Å². The number of hydrogen-bond acceptors (Lipinski definition) is 18. The Hall–Kier alpha value is -1.33. The lowest BCUT2D eigenvalue weighted by Crippen LogP contribution is -2.49. The second kappa shape index (κ2) is 14.8. The Morgan fingerprint density at radius 2 is 1.72 bits per heavy atom. The Morgan fingerprint density at radius 1 is 1.07 bits per heavy atom. The van der Waals surface area contributed by atoms with Crippen molar-refractivity contribution in [2.75, 3.05) is 33.2 Å². The number of nitrogen functional groups attached to an aromatic ring is 1. The molecule has 0 spiro atoms. The molecule has 0 aliphatic carbocycles. The third-order valence-electron chi connectivity index (χ3n) is 6.67. The molecule has 23 heteroatoms. The third kappa shape index (κ3) is 8.48. The first-order valence-electron chi connectivity index (χ1n) is 12.4. The van der Waals surface area contributed by atoms with Gasteiger partial charge in [-0.25, -0.2) is 23.8 Å². The zero-order chi connectivity index (χ0) is 32.3. The predicted octanol–water partition coefficient (Wildman–Crippen LogP) is -2.91. The van der Waals surface area contributed by atoms with Crippen LogP contribution < -0.4 is 5.73 Å². The minimum absolute atomic E-state index is 0.131. The molecule has 10 N–H and O–H groups in total. The number of aliphatic hydroxyl groups is 6. The molecule has 246 valence electrons. The molecule has 0 radical (unpaired) electrons. The van der Waals surface area contributed by atoms with Crippen molar-refractivity contribution in [2.24, 2.45) is 5.92 Å². The van der Waals surface area contributed by atoms with Gasteiger partial charge in [-0.1, -0.05) is 6.92 Å². The van der Waals surface area contributed by atoms with Crippen LogP contribution in [0.5, 0.6) is 0 Å². The summed E-state index contributed by atoms with van der Waals surface area (Å²) >= 11 is 4.78. The molecule has 3 heterocycles. The van der Waals surface area contributed by atoms with Crippen molar-refractivity contribution in [3.8, 4) is 0 Å². The second-order valence-electron chi connectivity index (χ2n) is 9.44. The number of aliphatic hydroxyl groups excluding tert-OH is 6. The van der Waals surface area contributed by atoms with E-state index in [4.69, 9.17) is 41.4 Å². The fraction of sp³-hybridized carbons (Fsp3) is 0.750. The Morgan fingerprint density at radius 3 is 2.33 bits per heavy atom. The normalized spacial score (nSPS) is 28.1. The number of methoxy groups -OCH3 is 2. The highest BCUT2D eigenvalue weighted by molar-refractivity contribution is 8.08. The van der Waals surface area contributed by atoms with Gasteiger partial charge in [-0.2, -0.15) is 0 Å². The van der Waals surface area contributed by atoms with Crippen LogP contribution in [0.15, 0.2) is 12.7 Å². The number of nitrogens with zero attached hydrogens (tertiary/aromatic N) is 4. The van der Waals surface area contributed by atoms with Crippen molar-refractivity contribution < 1.29 is 72.6 Å². The molecular weight excluding hydrogens is 644 g/mol. The van der Waals surface area contributed by atoms with Crippen molar-refractivity contribution in [1.82, 2.24) is 19.5 Å². The predicted molar refractivity (Wildman–Crippen MR) is 146 cm³/mol. The van der Waals surface area contributed by atoms with Crippen molar-refractivity contribution in [2.45, 2.75) is 62.2 Å². The van der Waals surface area contributed by atoms with Crippen molar-refractivity contribution in [1.29, 1.82) is 0 Å². The average molecular weight is 680 g/mol. The molecule has 20 nitrogen and oxygen atoms in total. The van der Waals surface area contributed by atoms with E-state index in [9.17, 15) is 39.9 Å². The van der Waals surface area contributed by atoms with Gasteiger partial charge in [0.25, 0.3) is 0 Å². The lowest BCUT2D eigenvalue weighted by atomic mass is 9.92. The minimum atomic E-state index is -5.48. The van der Waals surface area contributed by atoms with E-state index in [0.717, 1.165) is 0 Å². The highest BCUT2D eigenvalue weighted by Crippen LogP contribution is 2.61. The van der Waals surface area contributed by atoms with E-state index < -0.39 is 88.9 Å². The Bertz CT molecular complexity index is 1310. The van der Waals surface area contributed by atoms with E-state index in [1.54, 1.807) is 0 Å². The van der Waals surface area contributed by atoms with Crippen LogP contribution >= 0.6 is 14.5 Å². The first kappa shape index (κ1) is 36.1. The van der Waals surface area contributed by atoms with Gasteiger partial charge in [0.15, 0.2) is 24.0 Å². The SMILES string of the molecule is COC1C(COP(O)(=S)OP(=O)(O)OC(O)C(O)C(O)C(O)C(C)[C@H](O)CO)OC(n2cnc3c(N)ncnc32)C1OC. The standard InChI is InChI=1S/C20H35N5O15P2S/c1-8(9(27)4-26)12(28)13(29)14(30)20(31)39-41(32,33)40-42(34,43)37-5-10-15(35-2)16(36-3)19(38-10)25-7-24-11-17(21)22-6-23-18(11)25/h6-10,12-16,19-20,26-31H,4-5H2,1-3H3,(H,32,33)(H,34,43)(H2,21,22,23)/t8?,9-,10?,12?,13?,14?,15?,16?,19?,20?,42?/m1/s1. The fourth-order valence-electron chi connectivity index (χ4n) is 4.27. The first-order chi connectivity index (χ1) is 20.1. The zero-order valence-electron chi connectivity index (χ0n) is 22.9. The summed E-state index contributed by atoms with van der Waals surface area (Å²) in [6.07, 6.45) is -11.6. The number of imidazole rings is 1. The maximum absolute atomic E-state index is 12.4. The maximum atomic E-state index is 12.4. The van der Waals surface area contributed by atoms with Gasteiger partial charge in [0.2, 0.25) is 0 Å². The highest BCUT2D eigenvalue weighted by atomic mass is 32.5. The van der Waals surface area contributed by atoms with Crippen LogP contribution in [0.4, 0.5) is 5.82 Å². The molecule has 2 aromatic heterocycles. The van der Waals surface area contributed by atoms with E-state index in [1.165, 1.54) is 38.4 Å². The number of fused-ring (bicyclic) bond motifs is 1. The summed E-state index contributed by atoms with van der Waals surface area (Å²) in [6.45, 7) is -4.75. The summed E-state index contributed by atoms with van der Waals surface area (Å²) in [5.74, 6) is -1.06. The van der Waals surface area contributed by atoms with E-state index >= 15 is 0 Å². The molecule has 1 aliphatic rings. The molecule has 0 saturated carbocycles. The number of phosphoric ester groups is 1. The first-order valence-corrected chi connectivity index (χ1v) is 16.5. The maximum Gasteiger partial charge on any atom is 0.481 e. The zero-order valence-corrected chi connectivity index (χ0v) is 25.6. The topological polar surface area (TPSA) is 304 Å². The van der Waals surface area contributed by atoms with E-state index in [-0.39, 0.29) is 5.82 Å². The van der Waals surface area contributed by atoms with Crippen LogP contribution in [-0.4, -0.2) is 136 Å². The Labute approximate surface area is 249 Å². The molecule has 12 atom stereocenters. The van der Waals surface area contributed by atoms with Crippen LogP contribution in [0, 0.1) is 5.92 Å². The Balaban J connectivity index is 1.64. The number of rotatable bonds is 16. The van der Waals surface area contributed by atoms with Crippen LogP contribution in [0.25, 0.3) is 11.2 Å².